The van der Waals surface area contributed by atoms with Crippen LogP contribution in [0, 0.1) is 17.3 Å². The summed E-state index contributed by atoms with van der Waals surface area (Å²) in [4.78, 5) is 0. The highest BCUT2D eigenvalue weighted by Crippen LogP contribution is 2.55. The van der Waals surface area contributed by atoms with Crippen LogP contribution in [-0.2, 0) is 0 Å². The van der Waals surface area contributed by atoms with E-state index in [1.54, 1.807) is 5.57 Å². The van der Waals surface area contributed by atoms with Gasteiger partial charge in [0.1, 0.15) is 0 Å². The molecule has 3 rings (SSSR count). The molecule has 0 radical (unpaired) electrons. The van der Waals surface area contributed by atoms with Crippen LogP contribution in [-0.4, -0.2) is 0 Å². The Bertz CT molecular complexity index is 495. The summed E-state index contributed by atoms with van der Waals surface area (Å²) in [5, 5.41) is 0. The van der Waals surface area contributed by atoms with E-state index in [0.717, 1.165) is 11.8 Å². The van der Waals surface area contributed by atoms with Crippen molar-refractivity contribution in [3.63, 3.8) is 0 Å². The van der Waals surface area contributed by atoms with E-state index in [4.69, 9.17) is 0 Å². The molecular formula is C18H23Br. The van der Waals surface area contributed by atoms with Gasteiger partial charge < -0.3 is 0 Å². The van der Waals surface area contributed by atoms with Crippen LogP contribution in [0.25, 0.3) is 0 Å². The van der Waals surface area contributed by atoms with E-state index in [1.807, 2.05) is 0 Å². The number of hydrogen-bond donors (Lipinski definition) is 0. The summed E-state index contributed by atoms with van der Waals surface area (Å²) in [6.45, 7) is 7.27. The van der Waals surface area contributed by atoms with Crippen molar-refractivity contribution in [3.05, 3.63) is 46.0 Å². The zero-order chi connectivity index (χ0) is 13.6. The first-order chi connectivity index (χ1) is 8.97. The summed E-state index contributed by atoms with van der Waals surface area (Å²) >= 11 is 3.55. The molecule has 19 heavy (non-hydrogen) atoms. The molecule has 2 aliphatic carbocycles. The molecule has 2 bridgehead atoms. The smallest absolute Gasteiger partial charge is 0.0175 e. The first-order valence-electron chi connectivity index (χ1n) is 7.39. The van der Waals surface area contributed by atoms with Crippen LogP contribution in [0.4, 0.5) is 0 Å². The van der Waals surface area contributed by atoms with E-state index < -0.39 is 0 Å². The fraction of sp³-hybridized carbons (Fsp3) is 0.556. The van der Waals surface area contributed by atoms with Gasteiger partial charge in [0.2, 0.25) is 0 Å². The Morgan fingerprint density at radius 1 is 1.11 bits per heavy atom. The van der Waals surface area contributed by atoms with Crippen LogP contribution >= 0.6 is 15.9 Å². The Hall–Kier alpha value is -0.560. The Morgan fingerprint density at radius 2 is 1.79 bits per heavy atom. The number of rotatable bonds is 1. The van der Waals surface area contributed by atoms with Crippen LogP contribution in [0.5, 0.6) is 0 Å². The Morgan fingerprint density at radius 3 is 2.47 bits per heavy atom. The molecule has 0 aliphatic heterocycles. The van der Waals surface area contributed by atoms with Gasteiger partial charge in [0, 0.05) is 4.47 Å². The first-order valence-corrected chi connectivity index (χ1v) is 8.19. The third-order valence-corrected chi connectivity index (χ3v) is 6.01. The van der Waals surface area contributed by atoms with Gasteiger partial charge in [-0.15, -0.1) is 0 Å². The number of hydrogen-bond acceptors (Lipinski definition) is 0. The van der Waals surface area contributed by atoms with E-state index in [1.165, 1.54) is 29.3 Å². The molecule has 102 valence electrons. The van der Waals surface area contributed by atoms with Crippen LogP contribution < -0.4 is 0 Å². The molecule has 2 aliphatic rings. The topological polar surface area (TPSA) is 0 Å². The maximum Gasteiger partial charge on any atom is 0.0175 e. The summed E-state index contributed by atoms with van der Waals surface area (Å²) in [7, 11) is 0. The predicted molar refractivity (Wildman–Crippen MR) is 85.3 cm³/mol. The average molecular weight is 319 g/mol. The van der Waals surface area contributed by atoms with Crippen molar-refractivity contribution >= 4 is 15.9 Å². The Balaban J connectivity index is 1.97. The molecule has 0 nitrogen and oxygen atoms in total. The van der Waals surface area contributed by atoms with E-state index in [9.17, 15) is 0 Å². The molecule has 0 N–H and O–H groups in total. The van der Waals surface area contributed by atoms with Gasteiger partial charge >= 0.3 is 0 Å². The van der Waals surface area contributed by atoms with Gasteiger partial charge in [0.05, 0.1) is 0 Å². The first kappa shape index (κ1) is 13.4. The fourth-order valence-electron chi connectivity index (χ4n) is 4.12. The normalized spacial score (nSPS) is 32.8. The van der Waals surface area contributed by atoms with Crippen LogP contribution in [0.3, 0.4) is 0 Å². The lowest BCUT2D eigenvalue weighted by atomic mass is 9.55. The van der Waals surface area contributed by atoms with E-state index in [0.29, 0.717) is 11.3 Å². The van der Waals surface area contributed by atoms with Crippen LogP contribution in [0.15, 0.2) is 40.4 Å². The maximum atomic E-state index is 3.55. The lowest BCUT2D eigenvalue weighted by Crippen LogP contribution is -2.38. The van der Waals surface area contributed by atoms with Crippen molar-refractivity contribution in [2.45, 2.75) is 46.0 Å². The lowest BCUT2D eigenvalue weighted by Gasteiger charge is -2.49. The highest BCUT2D eigenvalue weighted by molar-refractivity contribution is 9.10. The highest BCUT2D eigenvalue weighted by Gasteiger charge is 2.44. The molecule has 0 unspecified atom stereocenters. The SMILES string of the molecule is CC1=CC[C@H]2C[C@@H]1[C@H](c1ccc(Br)cc1)CC2(C)C. The van der Waals surface area contributed by atoms with Gasteiger partial charge in [-0.3, -0.25) is 0 Å². The number of fused-ring (bicyclic) bond motifs is 2. The molecule has 1 saturated carbocycles. The largest absolute Gasteiger partial charge is 0.0850 e. The zero-order valence-electron chi connectivity index (χ0n) is 12.1. The van der Waals surface area contributed by atoms with Crippen molar-refractivity contribution in [1.82, 2.24) is 0 Å². The molecule has 0 heterocycles. The highest BCUT2D eigenvalue weighted by atomic mass is 79.9. The van der Waals surface area contributed by atoms with Crippen molar-refractivity contribution in [2.24, 2.45) is 17.3 Å². The predicted octanol–water partition coefficient (Wildman–Crippen LogP) is 5.94. The number of halogens is 1. The second kappa shape index (κ2) is 4.77. The second-order valence-electron chi connectivity index (χ2n) is 7.07. The van der Waals surface area contributed by atoms with Gasteiger partial charge in [0.25, 0.3) is 0 Å². The summed E-state index contributed by atoms with van der Waals surface area (Å²) in [6.07, 6.45) is 6.51. The van der Waals surface area contributed by atoms with E-state index in [2.05, 4.69) is 67.0 Å². The molecule has 0 spiro atoms. The zero-order valence-corrected chi connectivity index (χ0v) is 13.7. The van der Waals surface area contributed by atoms with Crippen molar-refractivity contribution in [1.29, 1.82) is 0 Å². The maximum absolute atomic E-state index is 3.55. The number of allylic oxidation sites excluding steroid dienone is 2. The molecule has 1 aromatic carbocycles. The Labute approximate surface area is 125 Å². The summed E-state index contributed by atoms with van der Waals surface area (Å²) in [6, 6.07) is 9.01. The minimum absolute atomic E-state index is 0.478. The standard InChI is InChI=1S/C18H23Br/c1-12-4-7-14-10-16(12)17(11-18(14,2)3)13-5-8-15(19)9-6-13/h4-6,8-9,14,16-17H,7,10-11H2,1-3H3/t14-,16-,17-/m0/s1. The molecule has 1 aromatic rings. The lowest BCUT2D eigenvalue weighted by molar-refractivity contribution is 0.0834. The molecule has 0 amide bonds. The minimum atomic E-state index is 0.478. The molecule has 1 fully saturated rings. The second-order valence-corrected chi connectivity index (χ2v) is 7.99. The summed E-state index contributed by atoms with van der Waals surface area (Å²) in [5.41, 5.74) is 3.62. The quantitative estimate of drug-likeness (QED) is 0.562. The molecule has 3 atom stereocenters. The fourth-order valence-corrected chi connectivity index (χ4v) is 4.39. The van der Waals surface area contributed by atoms with Gasteiger partial charge in [-0.2, -0.15) is 0 Å². The third-order valence-electron chi connectivity index (χ3n) is 5.48. The van der Waals surface area contributed by atoms with Gasteiger partial charge in [-0.25, -0.2) is 0 Å². The van der Waals surface area contributed by atoms with Crippen LogP contribution in [0.1, 0.15) is 51.5 Å². The number of benzene rings is 1. The van der Waals surface area contributed by atoms with Gasteiger partial charge in [0.15, 0.2) is 0 Å². The van der Waals surface area contributed by atoms with Crippen LogP contribution in [0.2, 0.25) is 0 Å². The van der Waals surface area contributed by atoms with Gasteiger partial charge in [-0.1, -0.05) is 53.6 Å². The molecule has 0 saturated heterocycles. The monoisotopic (exact) mass is 318 g/mol. The molecular weight excluding hydrogens is 296 g/mol. The molecule has 1 heteroatoms. The average Bonchev–Trinajstić information content (AvgIpc) is 2.37. The third kappa shape index (κ3) is 2.42. The van der Waals surface area contributed by atoms with Crippen molar-refractivity contribution < 1.29 is 0 Å². The van der Waals surface area contributed by atoms with Gasteiger partial charge in [-0.05, 0) is 67.1 Å². The van der Waals surface area contributed by atoms with E-state index in [-0.39, 0.29) is 0 Å². The van der Waals surface area contributed by atoms with Crippen molar-refractivity contribution in [2.75, 3.05) is 0 Å². The summed E-state index contributed by atoms with van der Waals surface area (Å²) in [5.74, 6) is 2.36. The Kier molecular flexibility index (Phi) is 3.37. The van der Waals surface area contributed by atoms with E-state index >= 15 is 0 Å². The minimum Gasteiger partial charge on any atom is -0.0850 e. The van der Waals surface area contributed by atoms with Crippen molar-refractivity contribution in [3.8, 4) is 0 Å². The molecule has 0 aromatic heterocycles. The summed E-state index contributed by atoms with van der Waals surface area (Å²) < 4.78 is 1.18.